The number of ketones is 1. The van der Waals surface area contributed by atoms with Gasteiger partial charge < -0.3 is 0 Å². The Hall–Kier alpha value is -1.47. The van der Waals surface area contributed by atoms with Crippen molar-refractivity contribution in [3.05, 3.63) is 62.6 Å². The number of carbonyl (C=O) groups is 1. The lowest BCUT2D eigenvalue weighted by atomic mass is 10.0. The Bertz CT molecular complexity index is 698. The Labute approximate surface area is 129 Å². The molecule has 0 fully saturated rings. The van der Waals surface area contributed by atoms with Gasteiger partial charge in [-0.25, -0.2) is 9.37 Å². The third-order valence-electron chi connectivity index (χ3n) is 2.51. The van der Waals surface area contributed by atoms with Crippen molar-refractivity contribution in [2.24, 2.45) is 0 Å². The highest BCUT2D eigenvalue weighted by Gasteiger charge is 2.33. The van der Waals surface area contributed by atoms with Gasteiger partial charge >= 0.3 is 6.18 Å². The lowest BCUT2D eigenvalue weighted by Crippen LogP contribution is -2.11. The first-order valence-electron chi connectivity index (χ1n) is 5.43. The minimum Gasteiger partial charge on any atom is -0.288 e. The second-order valence-corrected chi connectivity index (χ2v) is 5.29. The van der Waals surface area contributed by atoms with E-state index in [-0.39, 0.29) is 11.1 Å². The van der Waals surface area contributed by atoms with Crippen LogP contribution in [0.25, 0.3) is 0 Å². The van der Waals surface area contributed by atoms with Crippen LogP contribution in [0.15, 0.2) is 34.8 Å². The molecule has 0 atom stereocenters. The molecule has 0 aliphatic rings. The summed E-state index contributed by atoms with van der Waals surface area (Å²) in [6, 6.07) is 5.00. The fraction of sp³-hybridized carbons (Fsp3) is 0.0769. The second-order valence-electron chi connectivity index (χ2n) is 4.02. The van der Waals surface area contributed by atoms with Crippen LogP contribution >= 0.6 is 27.5 Å². The van der Waals surface area contributed by atoms with E-state index in [0.29, 0.717) is 10.5 Å². The van der Waals surface area contributed by atoms with Gasteiger partial charge in [-0.1, -0.05) is 27.5 Å². The summed E-state index contributed by atoms with van der Waals surface area (Å²) < 4.78 is 51.0. The Kier molecular flexibility index (Phi) is 4.34. The number of halogens is 6. The van der Waals surface area contributed by atoms with Gasteiger partial charge in [0.15, 0.2) is 5.78 Å². The zero-order valence-corrected chi connectivity index (χ0v) is 12.4. The molecule has 2 aromatic rings. The SMILES string of the molecule is O=C(c1cc(F)cc(Br)c1)c1ccc(C(F)(F)F)nc1Cl. The van der Waals surface area contributed by atoms with E-state index in [1.807, 2.05) is 0 Å². The average molecular weight is 383 g/mol. The summed E-state index contributed by atoms with van der Waals surface area (Å²) in [5.74, 6) is -1.38. The fourth-order valence-corrected chi connectivity index (χ4v) is 2.31. The molecule has 0 N–H and O–H groups in total. The summed E-state index contributed by atoms with van der Waals surface area (Å²) in [5.41, 5.74) is -1.49. The average Bonchev–Trinajstić information content (AvgIpc) is 2.35. The van der Waals surface area contributed by atoms with E-state index in [0.717, 1.165) is 18.2 Å². The number of pyridine rings is 1. The van der Waals surface area contributed by atoms with Crippen molar-refractivity contribution >= 4 is 33.3 Å². The molecule has 1 aromatic heterocycles. The molecule has 0 bridgehead atoms. The Morgan fingerprint density at radius 3 is 2.38 bits per heavy atom. The third kappa shape index (κ3) is 3.59. The zero-order valence-electron chi connectivity index (χ0n) is 10.0. The zero-order chi connectivity index (χ0) is 15.8. The van der Waals surface area contributed by atoms with Crippen molar-refractivity contribution in [2.45, 2.75) is 6.18 Å². The maximum atomic E-state index is 13.2. The molecule has 0 aliphatic heterocycles. The van der Waals surface area contributed by atoms with E-state index in [1.165, 1.54) is 6.07 Å². The van der Waals surface area contributed by atoms with Crippen molar-refractivity contribution in [1.82, 2.24) is 4.98 Å². The largest absolute Gasteiger partial charge is 0.433 e. The van der Waals surface area contributed by atoms with Crippen LogP contribution in [0.4, 0.5) is 17.6 Å². The summed E-state index contributed by atoms with van der Waals surface area (Å²) in [7, 11) is 0. The lowest BCUT2D eigenvalue weighted by molar-refractivity contribution is -0.141. The summed E-state index contributed by atoms with van der Waals surface area (Å²) in [6.07, 6.45) is -4.66. The Morgan fingerprint density at radius 2 is 1.86 bits per heavy atom. The molecule has 110 valence electrons. The lowest BCUT2D eigenvalue weighted by Gasteiger charge is -2.08. The number of alkyl halides is 3. The maximum absolute atomic E-state index is 13.2. The molecule has 1 aromatic carbocycles. The van der Waals surface area contributed by atoms with Gasteiger partial charge in [0, 0.05) is 10.0 Å². The van der Waals surface area contributed by atoms with Crippen LogP contribution in [0, 0.1) is 5.82 Å². The molecule has 0 radical (unpaired) electrons. The highest BCUT2D eigenvalue weighted by molar-refractivity contribution is 9.10. The number of nitrogens with zero attached hydrogens (tertiary/aromatic N) is 1. The molecule has 1 heterocycles. The maximum Gasteiger partial charge on any atom is 0.433 e. The molecule has 2 nitrogen and oxygen atoms in total. The van der Waals surface area contributed by atoms with Crippen molar-refractivity contribution in [3.63, 3.8) is 0 Å². The van der Waals surface area contributed by atoms with Crippen LogP contribution in [0.2, 0.25) is 5.15 Å². The van der Waals surface area contributed by atoms with E-state index in [1.54, 1.807) is 0 Å². The van der Waals surface area contributed by atoms with Crippen LogP contribution in [-0.4, -0.2) is 10.8 Å². The monoisotopic (exact) mass is 381 g/mol. The summed E-state index contributed by atoms with van der Waals surface area (Å²) in [6.45, 7) is 0. The van der Waals surface area contributed by atoms with Gasteiger partial charge in [0.05, 0.1) is 5.56 Å². The van der Waals surface area contributed by atoms with Gasteiger partial charge in [-0.3, -0.25) is 4.79 Å². The molecule has 0 saturated carbocycles. The molecule has 0 aliphatic carbocycles. The third-order valence-corrected chi connectivity index (χ3v) is 3.25. The topological polar surface area (TPSA) is 30.0 Å². The van der Waals surface area contributed by atoms with Crippen molar-refractivity contribution in [1.29, 1.82) is 0 Å². The summed E-state index contributed by atoms with van der Waals surface area (Å²) in [4.78, 5) is 15.3. The van der Waals surface area contributed by atoms with E-state index in [4.69, 9.17) is 11.6 Å². The van der Waals surface area contributed by atoms with Gasteiger partial charge in [-0.15, -0.1) is 0 Å². The van der Waals surface area contributed by atoms with Crippen molar-refractivity contribution < 1.29 is 22.4 Å². The van der Waals surface area contributed by atoms with Gasteiger partial charge in [0.1, 0.15) is 16.7 Å². The number of hydrogen-bond acceptors (Lipinski definition) is 2. The quantitative estimate of drug-likeness (QED) is 0.421. The molecule has 8 heteroatoms. The molecule has 0 saturated heterocycles. The van der Waals surface area contributed by atoms with E-state index in [9.17, 15) is 22.4 Å². The van der Waals surface area contributed by atoms with E-state index in [2.05, 4.69) is 20.9 Å². The van der Waals surface area contributed by atoms with E-state index >= 15 is 0 Å². The molecule has 0 spiro atoms. The van der Waals surface area contributed by atoms with Crippen LogP contribution in [0.3, 0.4) is 0 Å². The first kappa shape index (κ1) is 15.9. The minimum atomic E-state index is -4.66. The predicted octanol–water partition coefficient (Wildman–Crippen LogP) is 4.89. The van der Waals surface area contributed by atoms with Crippen LogP contribution in [0.1, 0.15) is 21.6 Å². The number of hydrogen-bond donors (Lipinski definition) is 0. The van der Waals surface area contributed by atoms with Gasteiger partial charge in [0.25, 0.3) is 0 Å². The van der Waals surface area contributed by atoms with E-state index < -0.39 is 28.6 Å². The van der Waals surface area contributed by atoms with Crippen LogP contribution in [-0.2, 0) is 6.18 Å². The van der Waals surface area contributed by atoms with Crippen molar-refractivity contribution in [2.75, 3.05) is 0 Å². The standard InChI is InChI=1S/C13H5BrClF4NO/c14-7-3-6(4-8(16)5-7)11(21)9-1-2-10(13(17,18)19)20-12(9)15/h1-5H. The van der Waals surface area contributed by atoms with Crippen LogP contribution < -0.4 is 0 Å². The smallest absolute Gasteiger partial charge is 0.288 e. The van der Waals surface area contributed by atoms with Gasteiger partial charge in [-0.2, -0.15) is 13.2 Å². The Morgan fingerprint density at radius 1 is 1.19 bits per heavy atom. The first-order chi connectivity index (χ1) is 9.68. The molecule has 0 amide bonds. The summed E-state index contributed by atoms with van der Waals surface area (Å²) >= 11 is 8.64. The highest BCUT2D eigenvalue weighted by atomic mass is 79.9. The van der Waals surface area contributed by atoms with Crippen LogP contribution in [0.5, 0.6) is 0 Å². The molecule has 2 rings (SSSR count). The first-order valence-corrected chi connectivity index (χ1v) is 6.60. The van der Waals surface area contributed by atoms with Crippen molar-refractivity contribution in [3.8, 4) is 0 Å². The predicted molar refractivity (Wildman–Crippen MR) is 71.8 cm³/mol. The Balaban J connectivity index is 2.44. The molecule has 0 unspecified atom stereocenters. The molecular weight excluding hydrogens is 377 g/mol. The highest BCUT2D eigenvalue weighted by Crippen LogP contribution is 2.30. The van der Waals surface area contributed by atoms with Gasteiger partial charge in [-0.05, 0) is 30.3 Å². The minimum absolute atomic E-state index is 0.0506. The number of benzene rings is 1. The normalized spacial score (nSPS) is 11.5. The number of rotatable bonds is 2. The number of carbonyl (C=O) groups excluding carboxylic acids is 1. The van der Waals surface area contributed by atoms with Gasteiger partial charge in [0.2, 0.25) is 0 Å². The fourth-order valence-electron chi connectivity index (χ4n) is 1.60. The molecule has 21 heavy (non-hydrogen) atoms. The summed E-state index contributed by atoms with van der Waals surface area (Å²) in [5, 5.41) is -0.588. The second kappa shape index (κ2) is 5.73. The number of aromatic nitrogens is 1. The molecular formula is C13H5BrClF4NO.